The van der Waals surface area contributed by atoms with Crippen LogP contribution >= 0.6 is 15.9 Å². The van der Waals surface area contributed by atoms with Crippen LogP contribution in [-0.4, -0.2) is 10.9 Å². The van der Waals surface area contributed by atoms with Crippen molar-refractivity contribution in [1.29, 1.82) is 0 Å². The van der Waals surface area contributed by atoms with Crippen molar-refractivity contribution < 1.29 is 28.8 Å². The van der Waals surface area contributed by atoms with Crippen LogP contribution in [0.1, 0.15) is 38.7 Å². The molecule has 1 amide bonds. The average Bonchev–Trinajstić information content (AvgIpc) is 3.81. The summed E-state index contributed by atoms with van der Waals surface area (Å²) in [5, 5.41) is 3.00. The first-order chi connectivity index (χ1) is 20.5. The van der Waals surface area contributed by atoms with Gasteiger partial charge in [-0.25, -0.2) is 4.98 Å². The minimum Gasteiger partial charge on any atom is -0.658 e. The van der Waals surface area contributed by atoms with E-state index in [1.807, 2.05) is 120 Å². The molecule has 6 nitrogen and oxygen atoms in total. The summed E-state index contributed by atoms with van der Waals surface area (Å²) in [6.45, 7) is 0.453. The largest absolute Gasteiger partial charge is 0.658 e. The molecule has 206 valence electrons. The fourth-order valence-electron chi connectivity index (χ4n) is 5.06. The number of halogens is 1. The summed E-state index contributed by atoms with van der Waals surface area (Å²) in [6.07, 6.45) is 8.03. The molecule has 8 bridgehead atoms. The molecule has 0 saturated heterocycles. The van der Waals surface area contributed by atoms with Gasteiger partial charge in [0.1, 0.15) is 11.4 Å². The van der Waals surface area contributed by atoms with E-state index in [9.17, 15) is 4.79 Å². The second-order valence-corrected chi connectivity index (χ2v) is 11.0. The summed E-state index contributed by atoms with van der Waals surface area (Å²) in [6, 6.07) is 29.4. The SMILES string of the molecule is [CH2-][n+]1c2cc3ccc(cc4nc(c(-c5ccc(C(=O)NCc6ccc(Br)cc6)cc5)c5ccc(cc1C=C2)[n-]5)C=C4)[n-]3.[Zn]. The zero-order valence-electron chi connectivity index (χ0n) is 23.2. The van der Waals surface area contributed by atoms with Crippen molar-refractivity contribution in [3.63, 3.8) is 0 Å². The molecule has 2 aliphatic heterocycles. The maximum Gasteiger partial charge on any atom is 0.251 e. The van der Waals surface area contributed by atoms with Gasteiger partial charge in [0.25, 0.3) is 5.91 Å². The smallest absolute Gasteiger partial charge is 0.251 e. The fraction of sp³-hybridized carbons (Fsp3) is 0.0286. The average molecular weight is 676 g/mol. The van der Waals surface area contributed by atoms with Gasteiger partial charge in [-0.15, -0.1) is 22.1 Å². The molecular formula is C35H24BrN5OZn-2. The van der Waals surface area contributed by atoms with E-state index in [1.165, 1.54) is 0 Å². The van der Waals surface area contributed by atoms with Crippen molar-refractivity contribution in [2.45, 2.75) is 6.54 Å². The van der Waals surface area contributed by atoms with Crippen molar-refractivity contribution >= 4 is 68.2 Å². The van der Waals surface area contributed by atoms with Crippen LogP contribution in [0.15, 0.2) is 95.5 Å². The van der Waals surface area contributed by atoms with Crippen LogP contribution in [0.4, 0.5) is 0 Å². The minimum absolute atomic E-state index is 0. The van der Waals surface area contributed by atoms with Gasteiger partial charge in [-0.3, -0.25) is 4.79 Å². The number of benzene rings is 2. The van der Waals surface area contributed by atoms with E-state index in [-0.39, 0.29) is 25.4 Å². The third kappa shape index (κ3) is 6.03. The fourth-order valence-corrected chi connectivity index (χ4v) is 5.32. The molecule has 43 heavy (non-hydrogen) atoms. The first-order valence-corrected chi connectivity index (χ1v) is 14.3. The number of carbonyl (C=O) groups excluding carboxylic acids is 1. The van der Waals surface area contributed by atoms with Gasteiger partial charge in [0, 0.05) is 43.1 Å². The van der Waals surface area contributed by atoms with E-state index in [0.29, 0.717) is 12.1 Å². The second kappa shape index (κ2) is 12.0. The Morgan fingerprint density at radius 1 is 0.791 bits per heavy atom. The number of nitrogens with one attached hydrogen (secondary N) is 1. The monoisotopic (exact) mass is 673 g/mol. The molecule has 0 fully saturated rings. The summed E-state index contributed by atoms with van der Waals surface area (Å²) < 4.78 is 2.89. The Balaban J connectivity index is 0.00000329. The molecular weight excluding hydrogens is 652 g/mol. The van der Waals surface area contributed by atoms with Crippen LogP contribution < -0.4 is 19.9 Å². The Hall–Kier alpha value is -4.52. The Kier molecular flexibility index (Phi) is 7.98. The number of carbonyl (C=O) groups is 1. The van der Waals surface area contributed by atoms with Gasteiger partial charge in [0.05, 0.1) is 11.4 Å². The summed E-state index contributed by atoms with van der Waals surface area (Å²) in [5.41, 5.74) is 10.2. The maximum atomic E-state index is 12.9. The Bertz CT molecular complexity index is 2070. The van der Waals surface area contributed by atoms with Crippen LogP contribution in [0.2, 0.25) is 0 Å². The quantitative estimate of drug-likeness (QED) is 0.127. The molecule has 1 N–H and O–H groups in total. The molecule has 3 aromatic heterocycles. The van der Waals surface area contributed by atoms with E-state index >= 15 is 0 Å². The third-order valence-corrected chi connectivity index (χ3v) is 7.78. The van der Waals surface area contributed by atoms with Crippen molar-refractivity contribution in [2.24, 2.45) is 0 Å². The third-order valence-electron chi connectivity index (χ3n) is 7.26. The van der Waals surface area contributed by atoms with Gasteiger partial charge >= 0.3 is 0 Å². The second-order valence-electron chi connectivity index (χ2n) is 10.1. The minimum atomic E-state index is -0.131. The molecule has 2 aliphatic rings. The van der Waals surface area contributed by atoms with Crippen LogP contribution in [0.3, 0.4) is 0 Å². The summed E-state index contributed by atoms with van der Waals surface area (Å²) in [4.78, 5) is 27.5. The van der Waals surface area contributed by atoms with E-state index < -0.39 is 0 Å². The van der Waals surface area contributed by atoms with Crippen LogP contribution in [0.25, 0.3) is 57.5 Å². The normalized spacial score (nSPS) is 11.7. The molecule has 0 spiro atoms. The molecule has 0 aliphatic carbocycles. The predicted octanol–water partition coefficient (Wildman–Crippen LogP) is 6.80. The number of aromatic nitrogens is 4. The molecule has 2 aromatic carbocycles. The van der Waals surface area contributed by atoms with Gasteiger partial charge in [-0.1, -0.05) is 94.8 Å². The summed E-state index contributed by atoms with van der Waals surface area (Å²) >= 11 is 3.44. The molecule has 0 atom stereocenters. The number of amides is 1. The first kappa shape index (κ1) is 28.6. The van der Waals surface area contributed by atoms with E-state index in [0.717, 1.165) is 66.0 Å². The number of hydrogen-bond donors (Lipinski definition) is 1. The predicted molar refractivity (Wildman–Crippen MR) is 171 cm³/mol. The zero-order chi connectivity index (χ0) is 28.6. The van der Waals surface area contributed by atoms with Gasteiger partial charge in [-0.2, -0.15) is 0 Å². The van der Waals surface area contributed by atoms with Gasteiger partial charge < -0.3 is 19.9 Å². The van der Waals surface area contributed by atoms with E-state index in [4.69, 9.17) is 15.0 Å². The van der Waals surface area contributed by atoms with Crippen LogP contribution in [-0.2, 0) is 26.0 Å². The van der Waals surface area contributed by atoms with Crippen LogP contribution in [0.5, 0.6) is 0 Å². The number of hydrogen-bond acceptors (Lipinski definition) is 2. The van der Waals surface area contributed by atoms with Gasteiger partial charge in [0.15, 0.2) is 0 Å². The van der Waals surface area contributed by atoms with Gasteiger partial charge in [-0.05, 0) is 53.1 Å². The van der Waals surface area contributed by atoms with E-state index in [2.05, 4.69) is 28.3 Å². The first-order valence-electron chi connectivity index (χ1n) is 13.5. The van der Waals surface area contributed by atoms with Gasteiger partial charge in [0.2, 0.25) is 0 Å². The molecule has 7 rings (SSSR count). The molecule has 8 heteroatoms. The molecule has 5 heterocycles. The molecule has 5 aromatic rings. The number of fused-ring (bicyclic) bond motifs is 8. The Morgan fingerprint density at radius 3 is 2.16 bits per heavy atom. The van der Waals surface area contributed by atoms with E-state index in [1.54, 1.807) is 0 Å². The Labute approximate surface area is 270 Å². The molecule has 0 unspecified atom stereocenters. The summed E-state index contributed by atoms with van der Waals surface area (Å²) in [5.74, 6) is -0.131. The van der Waals surface area contributed by atoms with Crippen LogP contribution in [0, 0.1) is 7.05 Å². The zero-order valence-corrected chi connectivity index (χ0v) is 27.7. The van der Waals surface area contributed by atoms with Crippen molar-refractivity contribution in [3.8, 4) is 11.1 Å². The van der Waals surface area contributed by atoms with Crippen molar-refractivity contribution in [3.05, 3.63) is 136 Å². The Morgan fingerprint density at radius 2 is 1.44 bits per heavy atom. The number of nitrogens with zero attached hydrogens (tertiary/aromatic N) is 4. The molecule has 0 saturated carbocycles. The standard InChI is InChI=1S/C35H25BrN5O.Zn/c1-41-30-14-15-31(41)20-29-13-17-33(40-29)34(32-16-12-27(39-32)18-26-10-11-28(19-30)38-26)23-4-6-24(7-5-23)35(42)37-21-22-2-8-25(36)9-3-22;/h2-20H,1,21H2,(H2-,37,38,39,40,42);/q-1;/p-1. The number of rotatable bonds is 4. The maximum absolute atomic E-state index is 12.9. The summed E-state index contributed by atoms with van der Waals surface area (Å²) in [7, 11) is 4.22. The van der Waals surface area contributed by atoms with Crippen molar-refractivity contribution in [1.82, 2.24) is 20.3 Å². The topological polar surface area (TPSA) is 74.1 Å². The molecule has 0 radical (unpaired) electrons. The van der Waals surface area contributed by atoms with Crippen molar-refractivity contribution in [2.75, 3.05) is 0 Å².